The summed E-state index contributed by atoms with van der Waals surface area (Å²) in [6.45, 7) is 2.97. The van der Waals surface area contributed by atoms with E-state index in [1.807, 2.05) is 0 Å². The second kappa shape index (κ2) is 6.36. The molecule has 1 aromatic rings. The van der Waals surface area contributed by atoms with Crippen molar-refractivity contribution in [3.63, 3.8) is 0 Å². The third kappa shape index (κ3) is 3.20. The number of hydrogen-bond acceptors (Lipinski definition) is 3. The van der Waals surface area contributed by atoms with E-state index in [1.165, 1.54) is 50.7 Å². The Kier molecular flexibility index (Phi) is 4.32. The molecule has 5 nitrogen and oxygen atoms in total. The first-order valence-corrected chi connectivity index (χ1v) is 9.71. The number of nitro benzene ring substituents is 1. The summed E-state index contributed by atoms with van der Waals surface area (Å²) in [4.78, 5) is 10.3. The largest absolute Gasteiger partial charge is 0.382 e. The Morgan fingerprint density at radius 1 is 1.16 bits per heavy atom. The minimum atomic E-state index is -0.572. The highest BCUT2D eigenvalue weighted by atomic mass is 16.6. The molecule has 2 atom stereocenters. The molecule has 4 fully saturated rings. The van der Waals surface area contributed by atoms with Crippen molar-refractivity contribution >= 4 is 5.69 Å². The van der Waals surface area contributed by atoms with Gasteiger partial charge in [-0.25, -0.2) is 0 Å². The number of nitrogens with zero attached hydrogens (tertiary/aromatic N) is 1. The second-order valence-electron chi connectivity index (χ2n) is 8.90. The fraction of sp³-hybridized carbons (Fsp3) is 0.700. The maximum atomic E-state index is 10.7. The normalized spacial score (nSPS) is 35.5. The first kappa shape index (κ1) is 17.0. The van der Waals surface area contributed by atoms with E-state index < -0.39 is 11.0 Å². The molecule has 136 valence electrons. The first-order valence-electron chi connectivity index (χ1n) is 9.71. The fourth-order valence-corrected chi connectivity index (χ4v) is 6.27. The summed E-state index contributed by atoms with van der Waals surface area (Å²) in [6, 6.07) is 6.83. The molecule has 3 N–H and O–H groups in total. The highest BCUT2D eigenvalue weighted by Gasteiger charge is 2.54. The van der Waals surface area contributed by atoms with Gasteiger partial charge in [0.25, 0.3) is 5.69 Å². The summed E-state index contributed by atoms with van der Waals surface area (Å²) in [6.07, 6.45) is 7.93. The Labute approximate surface area is 149 Å². The third-order valence-electron chi connectivity index (χ3n) is 7.25. The second-order valence-corrected chi connectivity index (χ2v) is 8.90. The highest BCUT2D eigenvalue weighted by molar-refractivity contribution is 5.33. The Bertz CT molecular complexity index is 608. The van der Waals surface area contributed by atoms with Gasteiger partial charge in [0.15, 0.2) is 0 Å². The average Bonchev–Trinajstić information content (AvgIpc) is 2.58. The van der Waals surface area contributed by atoms with Gasteiger partial charge in [0.2, 0.25) is 0 Å². The predicted octanol–water partition coefficient (Wildman–Crippen LogP) is 2.80. The molecule has 25 heavy (non-hydrogen) atoms. The standard InChI is InChI=1S/C20H28N2O3/c1-13(20-9-14-6-15(10-20)8-16(7-14)11-20)21-12-19(23)17-2-4-18(5-3-17)22(24)25/h2-5,13-16,19,21,23H,6-12H2,1H3/p+1/t13-,14?,15?,16?,19+,20?/m0/s1. The molecule has 0 radical (unpaired) electrons. The summed E-state index contributed by atoms with van der Waals surface area (Å²) < 4.78 is 0. The van der Waals surface area contributed by atoms with Crippen molar-refractivity contribution in [3.8, 4) is 0 Å². The predicted molar refractivity (Wildman–Crippen MR) is 94.9 cm³/mol. The van der Waals surface area contributed by atoms with Crippen LogP contribution in [0.2, 0.25) is 0 Å². The summed E-state index contributed by atoms with van der Waals surface area (Å²) in [5.74, 6) is 2.84. The van der Waals surface area contributed by atoms with E-state index in [1.54, 1.807) is 12.1 Å². The van der Waals surface area contributed by atoms with E-state index in [-0.39, 0.29) is 5.69 Å². The van der Waals surface area contributed by atoms with Gasteiger partial charge in [-0.1, -0.05) is 0 Å². The van der Waals surface area contributed by atoms with Crippen molar-refractivity contribution in [2.45, 2.75) is 57.6 Å². The van der Waals surface area contributed by atoms with Crippen LogP contribution in [-0.2, 0) is 0 Å². The van der Waals surface area contributed by atoms with Gasteiger partial charge >= 0.3 is 0 Å². The van der Waals surface area contributed by atoms with Crippen LogP contribution in [0.5, 0.6) is 0 Å². The Balaban J connectivity index is 1.37. The average molecular weight is 345 g/mol. The van der Waals surface area contributed by atoms with Crippen LogP contribution in [0.3, 0.4) is 0 Å². The van der Waals surface area contributed by atoms with Crippen molar-refractivity contribution in [3.05, 3.63) is 39.9 Å². The van der Waals surface area contributed by atoms with Gasteiger partial charge in [0.05, 0.1) is 11.0 Å². The first-order chi connectivity index (χ1) is 11.9. The molecule has 5 rings (SSSR count). The number of aliphatic hydroxyl groups excluding tert-OH is 1. The molecule has 4 aliphatic rings. The molecule has 5 heteroatoms. The molecule has 4 bridgehead atoms. The molecule has 0 heterocycles. The van der Waals surface area contributed by atoms with Gasteiger partial charge in [0.1, 0.15) is 12.6 Å². The van der Waals surface area contributed by atoms with E-state index in [2.05, 4.69) is 12.2 Å². The zero-order valence-electron chi connectivity index (χ0n) is 14.9. The lowest BCUT2D eigenvalue weighted by Crippen LogP contribution is -2.93. The van der Waals surface area contributed by atoms with E-state index in [9.17, 15) is 15.2 Å². The van der Waals surface area contributed by atoms with Crippen molar-refractivity contribution in [1.29, 1.82) is 0 Å². The lowest BCUT2D eigenvalue weighted by atomic mass is 9.48. The lowest BCUT2D eigenvalue weighted by molar-refractivity contribution is -0.708. The van der Waals surface area contributed by atoms with Gasteiger partial charge < -0.3 is 10.4 Å². The molecule has 4 aliphatic carbocycles. The van der Waals surface area contributed by atoms with Crippen LogP contribution in [0.15, 0.2) is 24.3 Å². The summed E-state index contributed by atoms with van der Waals surface area (Å²) in [7, 11) is 0. The van der Waals surface area contributed by atoms with Gasteiger partial charge in [0, 0.05) is 17.5 Å². The van der Waals surface area contributed by atoms with Crippen LogP contribution in [0.1, 0.15) is 57.1 Å². The molecule has 4 saturated carbocycles. The molecule has 0 amide bonds. The molecule has 0 spiro atoms. The van der Waals surface area contributed by atoms with Crippen molar-refractivity contribution in [1.82, 2.24) is 0 Å². The zero-order chi connectivity index (χ0) is 17.6. The van der Waals surface area contributed by atoms with Crippen LogP contribution in [0, 0.1) is 33.3 Å². The van der Waals surface area contributed by atoms with E-state index in [0.717, 1.165) is 23.3 Å². The topological polar surface area (TPSA) is 80.0 Å². The number of aliphatic hydroxyl groups is 1. The smallest absolute Gasteiger partial charge is 0.269 e. The number of benzene rings is 1. The maximum Gasteiger partial charge on any atom is 0.269 e. The van der Waals surface area contributed by atoms with E-state index in [4.69, 9.17) is 0 Å². The van der Waals surface area contributed by atoms with Crippen LogP contribution in [0.4, 0.5) is 5.69 Å². The summed E-state index contributed by atoms with van der Waals surface area (Å²) in [5, 5.41) is 23.5. The van der Waals surface area contributed by atoms with Crippen molar-refractivity contribution < 1.29 is 15.3 Å². The Morgan fingerprint density at radius 3 is 2.16 bits per heavy atom. The number of quaternary nitrogens is 1. The lowest BCUT2D eigenvalue weighted by Gasteiger charge is -2.57. The third-order valence-corrected chi connectivity index (χ3v) is 7.25. The zero-order valence-corrected chi connectivity index (χ0v) is 14.9. The maximum absolute atomic E-state index is 10.7. The number of hydrogen-bond donors (Lipinski definition) is 2. The van der Waals surface area contributed by atoms with Gasteiger partial charge in [-0.15, -0.1) is 0 Å². The quantitative estimate of drug-likeness (QED) is 0.614. The molecular weight excluding hydrogens is 316 g/mol. The number of rotatable bonds is 6. The minimum Gasteiger partial charge on any atom is -0.382 e. The summed E-state index contributed by atoms with van der Waals surface area (Å²) >= 11 is 0. The SMILES string of the molecule is C[C@H]([NH2+]C[C@@H](O)c1ccc([N+](=O)[O-])cc1)C12CC3CC(CC(C3)C1)C2. The Morgan fingerprint density at radius 2 is 1.68 bits per heavy atom. The molecule has 0 saturated heterocycles. The molecule has 0 unspecified atom stereocenters. The van der Waals surface area contributed by atoms with Gasteiger partial charge in [-0.05, 0) is 80.9 Å². The number of nitro groups is 1. The van der Waals surface area contributed by atoms with Crippen molar-refractivity contribution in [2.75, 3.05) is 6.54 Å². The van der Waals surface area contributed by atoms with Crippen LogP contribution in [-0.4, -0.2) is 22.6 Å². The van der Waals surface area contributed by atoms with E-state index in [0.29, 0.717) is 18.0 Å². The number of nitrogens with two attached hydrogens (primary N) is 1. The Hall–Kier alpha value is -1.46. The van der Waals surface area contributed by atoms with Crippen LogP contribution in [0.25, 0.3) is 0 Å². The van der Waals surface area contributed by atoms with Crippen LogP contribution >= 0.6 is 0 Å². The number of non-ortho nitro benzene ring substituents is 1. The van der Waals surface area contributed by atoms with Crippen LogP contribution < -0.4 is 5.32 Å². The van der Waals surface area contributed by atoms with Gasteiger partial charge in [-0.2, -0.15) is 0 Å². The summed E-state index contributed by atoms with van der Waals surface area (Å²) in [5.41, 5.74) is 1.31. The monoisotopic (exact) mass is 345 g/mol. The molecule has 1 aromatic carbocycles. The van der Waals surface area contributed by atoms with E-state index >= 15 is 0 Å². The molecule has 0 aliphatic heterocycles. The van der Waals surface area contributed by atoms with Crippen molar-refractivity contribution in [2.24, 2.45) is 23.2 Å². The molecule has 0 aromatic heterocycles. The molecular formula is C20H29N2O3+. The minimum absolute atomic E-state index is 0.0712. The highest BCUT2D eigenvalue weighted by Crippen LogP contribution is 2.60. The fourth-order valence-electron chi connectivity index (χ4n) is 6.27. The van der Waals surface area contributed by atoms with Gasteiger partial charge in [-0.3, -0.25) is 10.1 Å².